The molecule has 146 valence electrons. The van der Waals surface area contributed by atoms with Gasteiger partial charge in [-0.05, 0) is 60.7 Å². The number of thiazole rings is 1. The zero-order valence-corrected chi connectivity index (χ0v) is 18.2. The first-order valence-corrected chi connectivity index (χ1v) is 10.5. The Morgan fingerprint density at radius 2 is 1.79 bits per heavy atom. The number of hydrogen-bond donors (Lipinski definition) is 2. The number of amides is 1. The molecule has 0 radical (unpaired) electrons. The minimum Gasteiger partial charge on any atom is -0.451 e. The second-order valence-electron chi connectivity index (χ2n) is 5.83. The number of rotatable bonds is 3. The molecule has 2 heterocycles. The molecule has 2 aromatic heterocycles. The first-order valence-electron chi connectivity index (χ1n) is 8.13. The number of furan rings is 1. The Morgan fingerprint density at radius 3 is 2.62 bits per heavy atom. The van der Waals surface area contributed by atoms with E-state index in [1.54, 1.807) is 30.3 Å². The third-order valence-corrected chi connectivity index (χ3v) is 5.76. The highest BCUT2D eigenvalue weighted by molar-refractivity contribution is 7.80. The van der Waals surface area contributed by atoms with Gasteiger partial charge in [-0.1, -0.05) is 46.1 Å². The van der Waals surface area contributed by atoms with Gasteiger partial charge in [0.15, 0.2) is 16.0 Å². The van der Waals surface area contributed by atoms with Gasteiger partial charge in [0.25, 0.3) is 5.91 Å². The number of carbonyl (C=O) groups is 1. The van der Waals surface area contributed by atoms with Gasteiger partial charge >= 0.3 is 0 Å². The van der Waals surface area contributed by atoms with Crippen molar-refractivity contribution in [3.8, 4) is 11.3 Å². The molecule has 0 aliphatic heterocycles. The van der Waals surface area contributed by atoms with Crippen molar-refractivity contribution < 1.29 is 9.21 Å². The highest BCUT2D eigenvalue weighted by Gasteiger charge is 2.16. The summed E-state index contributed by atoms with van der Waals surface area (Å²) in [5, 5.41) is 7.68. The maximum absolute atomic E-state index is 12.4. The Kier molecular flexibility index (Phi) is 5.76. The van der Waals surface area contributed by atoms with Gasteiger partial charge in [0.1, 0.15) is 5.76 Å². The quantitative estimate of drug-likeness (QED) is 0.320. The van der Waals surface area contributed by atoms with E-state index in [2.05, 4.69) is 15.6 Å². The van der Waals surface area contributed by atoms with Gasteiger partial charge in [-0.2, -0.15) is 0 Å². The lowest BCUT2D eigenvalue weighted by molar-refractivity contribution is 0.0951. The van der Waals surface area contributed by atoms with E-state index in [1.807, 2.05) is 12.1 Å². The van der Waals surface area contributed by atoms with Crippen molar-refractivity contribution in [2.24, 2.45) is 0 Å². The van der Waals surface area contributed by atoms with Gasteiger partial charge < -0.3 is 9.73 Å². The average Bonchev–Trinajstić information content (AvgIpc) is 3.30. The molecule has 2 aromatic carbocycles. The Bertz CT molecular complexity index is 1250. The molecule has 0 saturated heterocycles. The molecule has 0 aliphatic carbocycles. The van der Waals surface area contributed by atoms with Crippen LogP contribution in [-0.2, 0) is 0 Å². The second kappa shape index (κ2) is 8.30. The highest BCUT2D eigenvalue weighted by atomic mass is 35.5. The van der Waals surface area contributed by atoms with Crippen molar-refractivity contribution in [1.82, 2.24) is 10.3 Å². The molecule has 0 unspecified atom stereocenters. The predicted octanol–water partition coefficient (Wildman–Crippen LogP) is 6.64. The van der Waals surface area contributed by atoms with E-state index < -0.39 is 5.91 Å². The van der Waals surface area contributed by atoms with E-state index >= 15 is 0 Å². The first-order chi connectivity index (χ1) is 13.9. The number of aromatic nitrogens is 1. The lowest BCUT2D eigenvalue weighted by Gasteiger charge is -2.05. The smallest absolute Gasteiger partial charge is 0.293 e. The number of benzene rings is 2. The van der Waals surface area contributed by atoms with E-state index in [9.17, 15) is 4.79 Å². The second-order valence-corrected chi connectivity index (χ2v) is 8.55. The number of thiocarbonyl (C=S) groups is 1. The normalized spacial score (nSPS) is 10.9. The van der Waals surface area contributed by atoms with Crippen molar-refractivity contribution in [2.75, 3.05) is 5.32 Å². The summed E-state index contributed by atoms with van der Waals surface area (Å²) in [6.45, 7) is 0. The first kappa shape index (κ1) is 20.1. The summed E-state index contributed by atoms with van der Waals surface area (Å²) in [5.74, 6) is -0.00286. The summed E-state index contributed by atoms with van der Waals surface area (Å²) in [7, 11) is 0. The minimum absolute atomic E-state index is 0.0799. The molecular weight excluding hydrogens is 473 g/mol. The minimum atomic E-state index is -0.504. The van der Waals surface area contributed by atoms with E-state index in [1.165, 1.54) is 17.4 Å². The maximum Gasteiger partial charge on any atom is 0.293 e. The number of nitrogens with zero attached hydrogens (tertiary/aromatic N) is 1. The zero-order valence-electron chi connectivity index (χ0n) is 14.3. The lowest BCUT2D eigenvalue weighted by atomic mass is 10.2. The van der Waals surface area contributed by atoms with Gasteiger partial charge in [0, 0.05) is 15.6 Å². The number of nitrogens with one attached hydrogen (secondary N) is 2. The molecule has 0 bridgehead atoms. The molecule has 2 N–H and O–H groups in total. The molecule has 10 heteroatoms. The average molecular weight is 483 g/mol. The van der Waals surface area contributed by atoms with Crippen LogP contribution in [0.5, 0.6) is 0 Å². The van der Waals surface area contributed by atoms with Crippen molar-refractivity contribution in [3.63, 3.8) is 0 Å². The third-order valence-electron chi connectivity index (χ3n) is 3.82. The van der Waals surface area contributed by atoms with Crippen LogP contribution in [0, 0.1) is 0 Å². The van der Waals surface area contributed by atoms with E-state index in [-0.39, 0.29) is 10.9 Å². The molecule has 4 aromatic rings. The molecule has 0 saturated carbocycles. The van der Waals surface area contributed by atoms with E-state index in [0.29, 0.717) is 31.5 Å². The Labute approximate surface area is 189 Å². The molecular formula is C19H10Cl3N3O2S2. The van der Waals surface area contributed by atoms with Crippen molar-refractivity contribution in [1.29, 1.82) is 0 Å². The SMILES string of the molecule is O=C(NC(=S)Nc1nc2ccc(Cl)cc2s1)c1ccc(-c2cc(Cl)ccc2Cl)o1. The van der Waals surface area contributed by atoms with Gasteiger partial charge in [0.2, 0.25) is 0 Å². The fourth-order valence-corrected chi connectivity index (χ4v) is 4.32. The number of hydrogen-bond acceptors (Lipinski definition) is 5. The largest absolute Gasteiger partial charge is 0.451 e. The standard InChI is InChI=1S/C19H10Cl3N3O2S2/c20-9-1-3-12(22)11(7-9)14-5-6-15(27-14)17(26)24-18(28)25-19-23-13-4-2-10(21)8-16(13)29-19/h1-8H,(H2,23,24,25,26,28). The molecule has 0 atom stereocenters. The van der Waals surface area contributed by atoms with Crippen molar-refractivity contribution >= 4 is 84.7 Å². The summed E-state index contributed by atoms with van der Waals surface area (Å²) < 4.78 is 6.52. The highest BCUT2D eigenvalue weighted by Crippen LogP contribution is 2.32. The van der Waals surface area contributed by atoms with Crippen LogP contribution < -0.4 is 10.6 Å². The summed E-state index contributed by atoms with van der Waals surface area (Å²) >= 11 is 24.7. The van der Waals surface area contributed by atoms with Crippen LogP contribution in [0.15, 0.2) is 52.9 Å². The summed E-state index contributed by atoms with van der Waals surface area (Å²) in [6.07, 6.45) is 0. The number of carbonyl (C=O) groups excluding carboxylic acids is 1. The summed E-state index contributed by atoms with van der Waals surface area (Å²) in [4.78, 5) is 16.8. The molecule has 5 nitrogen and oxygen atoms in total. The predicted molar refractivity (Wildman–Crippen MR) is 122 cm³/mol. The monoisotopic (exact) mass is 481 g/mol. The van der Waals surface area contributed by atoms with Gasteiger partial charge in [-0.25, -0.2) is 4.98 Å². The van der Waals surface area contributed by atoms with Gasteiger partial charge in [0.05, 0.1) is 15.2 Å². The lowest BCUT2D eigenvalue weighted by Crippen LogP contribution is -2.33. The Hall–Kier alpha value is -2.16. The summed E-state index contributed by atoms with van der Waals surface area (Å²) in [5.41, 5.74) is 1.37. The van der Waals surface area contributed by atoms with Gasteiger partial charge in [-0.3, -0.25) is 10.1 Å². The fourth-order valence-electron chi connectivity index (χ4n) is 2.54. The third kappa shape index (κ3) is 4.55. The van der Waals surface area contributed by atoms with E-state index in [4.69, 9.17) is 51.4 Å². The molecule has 0 spiro atoms. The van der Waals surface area contributed by atoms with E-state index in [0.717, 1.165) is 10.2 Å². The summed E-state index contributed by atoms with van der Waals surface area (Å²) in [6, 6.07) is 13.5. The molecule has 4 rings (SSSR count). The van der Waals surface area contributed by atoms with Crippen LogP contribution in [0.3, 0.4) is 0 Å². The maximum atomic E-state index is 12.4. The van der Waals surface area contributed by atoms with Crippen LogP contribution in [-0.4, -0.2) is 16.0 Å². The zero-order chi connectivity index (χ0) is 20.5. The van der Waals surface area contributed by atoms with Crippen LogP contribution in [0.1, 0.15) is 10.6 Å². The van der Waals surface area contributed by atoms with Crippen molar-refractivity contribution in [2.45, 2.75) is 0 Å². The van der Waals surface area contributed by atoms with Crippen molar-refractivity contribution in [3.05, 3.63) is 69.4 Å². The van der Waals surface area contributed by atoms with Crippen LogP contribution in [0.2, 0.25) is 15.1 Å². The molecule has 0 fully saturated rings. The topological polar surface area (TPSA) is 67.2 Å². The number of anilines is 1. The Morgan fingerprint density at radius 1 is 1.03 bits per heavy atom. The fraction of sp³-hybridized carbons (Fsp3) is 0. The molecule has 0 aliphatic rings. The molecule has 29 heavy (non-hydrogen) atoms. The number of fused-ring (bicyclic) bond motifs is 1. The number of halogens is 3. The van der Waals surface area contributed by atoms with Crippen LogP contribution in [0.4, 0.5) is 5.13 Å². The van der Waals surface area contributed by atoms with Crippen LogP contribution >= 0.6 is 58.4 Å². The Balaban J connectivity index is 1.45. The van der Waals surface area contributed by atoms with Crippen LogP contribution in [0.25, 0.3) is 21.5 Å². The van der Waals surface area contributed by atoms with Gasteiger partial charge in [-0.15, -0.1) is 0 Å². The molecule has 1 amide bonds.